The fourth-order valence-electron chi connectivity index (χ4n) is 1.69. The van der Waals surface area contributed by atoms with E-state index >= 15 is 0 Å². The van der Waals surface area contributed by atoms with E-state index in [9.17, 15) is 8.78 Å². The zero-order chi connectivity index (χ0) is 13.1. The predicted molar refractivity (Wildman–Crippen MR) is 64.8 cm³/mol. The van der Waals surface area contributed by atoms with Gasteiger partial charge in [0, 0.05) is 0 Å². The molecule has 0 radical (unpaired) electrons. The molecular weight excluding hydrogens is 258 g/mol. The second-order valence-electron chi connectivity index (χ2n) is 3.89. The molecule has 0 aliphatic carbocycles. The Morgan fingerprint density at radius 3 is 2.72 bits per heavy atom. The van der Waals surface area contributed by atoms with Gasteiger partial charge in [-0.05, 0) is 42.6 Å². The topological polar surface area (TPSA) is 63.8 Å². The van der Waals surface area contributed by atoms with Crippen molar-refractivity contribution in [3.63, 3.8) is 0 Å². The van der Waals surface area contributed by atoms with Gasteiger partial charge in [0.2, 0.25) is 0 Å². The third kappa shape index (κ3) is 2.69. The summed E-state index contributed by atoms with van der Waals surface area (Å²) in [5.74, 6) is 3.77. The molecule has 18 heavy (non-hydrogen) atoms. The Bertz CT molecular complexity index is 544. The van der Waals surface area contributed by atoms with Gasteiger partial charge in [0.25, 0.3) is 0 Å². The summed E-state index contributed by atoms with van der Waals surface area (Å²) < 4.78 is 29.8. The van der Waals surface area contributed by atoms with Gasteiger partial charge in [-0.25, -0.2) is 8.78 Å². The summed E-state index contributed by atoms with van der Waals surface area (Å²) in [7, 11) is 0. The van der Waals surface area contributed by atoms with E-state index in [1.165, 1.54) is 23.7 Å². The molecule has 96 valence electrons. The maximum absolute atomic E-state index is 13.1. The van der Waals surface area contributed by atoms with Crippen LogP contribution in [-0.2, 0) is 6.42 Å². The predicted octanol–water partition coefficient (Wildman–Crippen LogP) is 1.87. The van der Waals surface area contributed by atoms with Gasteiger partial charge in [0.15, 0.2) is 11.6 Å². The first kappa shape index (κ1) is 13.0. The van der Waals surface area contributed by atoms with E-state index < -0.39 is 11.6 Å². The van der Waals surface area contributed by atoms with Crippen LogP contribution >= 0.6 is 11.5 Å². The summed E-state index contributed by atoms with van der Waals surface area (Å²) in [6, 6.07) is 3.60. The Morgan fingerprint density at radius 2 is 2.17 bits per heavy atom. The maximum Gasteiger partial charge on any atom is 0.159 e. The third-order valence-electron chi connectivity index (χ3n) is 2.63. The molecule has 0 aliphatic heterocycles. The number of aryl methyl sites for hydroxylation is 1. The molecule has 0 saturated heterocycles. The largest absolute Gasteiger partial charge is 0.271 e. The normalized spacial score (nSPS) is 12.7. The van der Waals surface area contributed by atoms with Crippen LogP contribution in [0.1, 0.15) is 22.2 Å². The zero-order valence-electron chi connectivity index (χ0n) is 9.65. The van der Waals surface area contributed by atoms with Gasteiger partial charge in [-0.15, -0.1) is 5.10 Å². The molecule has 0 amide bonds. The molecule has 7 heteroatoms. The highest BCUT2D eigenvalue weighted by molar-refractivity contribution is 7.05. The van der Waals surface area contributed by atoms with Crippen LogP contribution in [0.25, 0.3) is 0 Å². The highest BCUT2D eigenvalue weighted by Crippen LogP contribution is 2.23. The van der Waals surface area contributed by atoms with Gasteiger partial charge in [-0.2, -0.15) is 0 Å². The minimum absolute atomic E-state index is 0.213. The first-order chi connectivity index (χ1) is 8.61. The van der Waals surface area contributed by atoms with Crippen LogP contribution in [0.2, 0.25) is 0 Å². The summed E-state index contributed by atoms with van der Waals surface area (Å²) in [5.41, 5.74) is 4.08. The van der Waals surface area contributed by atoms with Crippen LogP contribution in [-0.4, -0.2) is 9.59 Å². The quantitative estimate of drug-likeness (QED) is 0.657. The van der Waals surface area contributed by atoms with E-state index in [1.54, 1.807) is 0 Å². The molecule has 1 aromatic carbocycles. The summed E-state index contributed by atoms with van der Waals surface area (Å²) in [5, 5.41) is 3.90. The van der Waals surface area contributed by atoms with E-state index in [2.05, 4.69) is 15.0 Å². The van der Waals surface area contributed by atoms with Gasteiger partial charge in [0.05, 0.1) is 16.6 Å². The van der Waals surface area contributed by atoms with Crippen LogP contribution in [0.3, 0.4) is 0 Å². The summed E-state index contributed by atoms with van der Waals surface area (Å²) in [6.45, 7) is 1.83. The van der Waals surface area contributed by atoms with Crippen molar-refractivity contribution in [1.29, 1.82) is 0 Å². The molecule has 0 saturated carbocycles. The minimum atomic E-state index is -0.859. The molecule has 4 nitrogen and oxygen atoms in total. The smallest absolute Gasteiger partial charge is 0.159 e. The fourth-order valence-corrected chi connectivity index (χ4v) is 2.39. The summed E-state index contributed by atoms with van der Waals surface area (Å²) >= 11 is 1.24. The lowest BCUT2D eigenvalue weighted by Crippen LogP contribution is -2.29. The van der Waals surface area contributed by atoms with Crippen molar-refractivity contribution in [3.05, 3.63) is 46.0 Å². The number of hydrazine groups is 1. The number of rotatable bonds is 4. The van der Waals surface area contributed by atoms with Crippen molar-refractivity contribution in [2.75, 3.05) is 0 Å². The van der Waals surface area contributed by atoms with E-state index in [1.807, 2.05) is 6.92 Å². The highest BCUT2D eigenvalue weighted by Gasteiger charge is 2.17. The third-order valence-corrected chi connectivity index (χ3v) is 3.57. The first-order valence-corrected chi connectivity index (χ1v) is 6.08. The standard InChI is InChI=1S/C11H12F2N4S/c1-6-11(18-17-16-6)10(15-14)5-7-2-3-8(12)9(13)4-7/h2-4,10,15H,5,14H2,1H3. The van der Waals surface area contributed by atoms with Crippen LogP contribution in [0.5, 0.6) is 0 Å². The Morgan fingerprint density at radius 1 is 1.39 bits per heavy atom. The van der Waals surface area contributed by atoms with E-state index in [0.717, 1.165) is 16.6 Å². The van der Waals surface area contributed by atoms with E-state index in [-0.39, 0.29) is 6.04 Å². The Hall–Kier alpha value is -1.44. The number of hydrogen-bond donors (Lipinski definition) is 2. The number of benzene rings is 1. The number of nitrogens with one attached hydrogen (secondary N) is 1. The molecule has 1 aromatic heterocycles. The lowest BCUT2D eigenvalue weighted by atomic mass is 10.0. The van der Waals surface area contributed by atoms with Gasteiger partial charge < -0.3 is 0 Å². The van der Waals surface area contributed by atoms with Crippen LogP contribution < -0.4 is 11.3 Å². The SMILES string of the molecule is Cc1nnsc1C(Cc1ccc(F)c(F)c1)NN. The monoisotopic (exact) mass is 270 g/mol. The van der Waals surface area contributed by atoms with Crippen molar-refractivity contribution in [3.8, 4) is 0 Å². The minimum Gasteiger partial charge on any atom is -0.271 e. The molecular formula is C11H12F2N4S. The van der Waals surface area contributed by atoms with Crippen LogP contribution in [0, 0.1) is 18.6 Å². The Balaban J connectivity index is 2.20. The van der Waals surface area contributed by atoms with Gasteiger partial charge in [0.1, 0.15) is 0 Å². The lowest BCUT2D eigenvalue weighted by Gasteiger charge is -2.14. The van der Waals surface area contributed by atoms with Gasteiger partial charge >= 0.3 is 0 Å². The molecule has 1 atom stereocenters. The average Bonchev–Trinajstić information content (AvgIpc) is 2.77. The molecule has 2 rings (SSSR count). The number of aromatic nitrogens is 2. The molecule has 3 N–H and O–H groups in total. The lowest BCUT2D eigenvalue weighted by molar-refractivity contribution is 0.503. The first-order valence-electron chi connectivity index (χ1n) is 5.30. The van der Waals surface area contributed by atoms with Crippen molar-refractivity contribution < 1.29 is 8.78 Å². The molecule has 0 spiro atoms. The van der Waals surface area contributed by atoms with E-state index in [0.29, 0.717) is 12.0 Å². The average molecular weight is 270 g/mol. The number of nitrogens with zero attached hydrogens (tertiary/aromatic N) is 2. The summed E-state index contributed by atoms with van der Waals surface area (Å²) in [6.07, 6.45) is 0.443. The number of hydrogen-bond acceptors (Lipinski definition) is 5. The number of nitrogens with two attached hydrogens (primary N) is 1. The van der Waals surface area contributed by atoms with Crippen LogP contribution in [0.4, 0.5) is 8.78 Å². The van der Waals surface area contributed by atoms with Crippen molar-refractivity contribution in [2.24, 2.45) is 5.84 Å². The molecule has 0 bridgehead atoms. The Labute approximate surface area is 107 Å². The summed E-state index contributed by atoms with van der Waals surface area (Å²) in [4.78, 5) is 0.891. The van der Waals surface area contributed by atoms with Gasteiger partial charge in [-0.3, -0.25) is 11.3 Å². The fraction of sp³-hybridized carbons (Fsp3) is 0.273. The molecule has 1 heterocycles. The van der Waals surface area contributed by atoms with Crippen molar-refractivity contribution >= 4 is 11.5 Å². The molecule has 0 aliphatic rings. The maximum atomic E-state index is 13.1. The second-order valence-corrected chi connectivity index (χ2v) is 4.68. The van der Waals surface area contributed by atoms with Gasteiger partial charge in [-0.1, -0.05) is 10.6 Å². The van der Waals surface area contributed by atoms with Crippen molar-refractivity contribution in [1.82, 2.24) is 15.0 Å². The highest BCUT2D eigenvalue weighted by atomic mass is 32.1. The van der Waals surface area contributed by atoms with Crippen molar-refractivity contribution in [2.45, 2.75) is 19.4 Å². The molecule has 2 aromatic rings. The second kappa shape index (κ2) is 5.47. The molecule has 1 unspecified atom stereocenters. The van der Waals surface area contributed by atoms with E-state index in [4.69, 9.17) is 5.84 Å². The van der Waals surface area contributed by atoms with Crippen LogP contribution in [0.15, 0.2) is 18.2 Å². The number of halogens is 2. The Kier molecular flexibility index (Phi) is 3.95. The molecule has 0 fully saturated rings. The zero-order valence-corrected chi connectivity index (χ0v) is 10.5.